The maximum Gasteiger partial charge on any atom is 0.160 e. The van der Waals surface area contributed by atoms with Crippen molar-refractivity contribution in [1.29, 1.82) is 0 Å². The first-order valence-corrected chi connectivity index (χ1v) is 15.8. The molecule has 0 amide bonds. The molecule has 0 radical (unpaired) electrons. The summed E-state index contributed by atoms with van der Waals surface area (Å²) in [5.41, 5.74) is 19.1. The Kier molecular flexibility index (Phi) is 7.33. The average Bonchev–Trinajstić information content (AvgIpc) is 3.15. The van der Waals surface area contributed by atoms with Gasteiger partial charge < -0.3 is 5.73 Å². The fourth-order valence-electron chi connectivity index (χ4n) is 6.35. The molecule has 0 fully saturated rings. The number of hydrogen-bond acceptors (Lipinski definition) is 3. The summed E-state index contributed by atoms with van der Waals surface area (Å²) < 4.78 is 0. The molecule has 0 atom stereocenters. The number of rotatable bonds is 6. The molecule has 1 heterocycles. The summed E-state index contributed by atoms with van der Waals surface area (Å²) in [5, 5.41) is 2.44. The van der Waals surface area contributed by atoms with Crippen molar-refractivity contribution < 1.29 is 0 Å². The van der Waals surface area contributed by atoms with E-state index in [-0.39, 0.29) is 0 Å². The number of benzene rings is 7. The van der Waals surface area contributed by atoms with Gasteiger partial charge in [0, 0.05) is 33.5 Å². The minimum Gasteiger partial charge on any atom is -0.398 e. The van der Waals surface area contributed by atoms with Crippen molar-refractivity contribution in [2.24, 2.45) is 0 Å². The molecule has 0 saturated carbocycles. The lowest BCUT2D eigenvalue weighted by Gasteiger charge is -2.16. The SMILES string of the molecule is Nc1c(-c2ccc(-c3cc(-c4ccccc4)nc(-c4ccccc4)n3)cc2)cccc1-c1ccccc1-c1cccc2ccccc12. The number of nitrogen functional groups attached to an aromatic ring is 1. The number of nitrogens with zero attached hydrogens (tertiary/aromatic N) is 2. The van der Waals surface area contributed by atoms with Gasteiger partial charge in [0.25, 0.3) is 0 Å². The molecule has 8 aromatic rings. The van der Waals surface area contributed by atoms with Crippen molar-refractivity contribution in [3.05, 3.63) is 176 Å². The normalized spacial score (nSPS) is 11.1. The molecule has 0 unspecified atom stereocenters. The van der Waals surface area contributed by atoms with Crippen LogP contribution in [-0.2, 0) is 0 Å². The lowest BCUT2D eigenvalue weighted by molar-refractivity contribution is 1.18. The summed E-state index contributed by atoms with van der Waals surface area (Å²) in [4.78, 5) is 9.93. The van der Waals surface area contributed by atoms with Crippen LogP contribution in [-0.4, -0.2) is 9.97 Å². The zero-order valence-electron chi connectivity index (χ0n) is 25.7. The molecule has 0 saturated heterocycles. The van der Waals surface area contributed by atoms with Gasteiger partial charge in [-0.3, -0.25) is 0 Å². The quantitative estimate of drug-likeness (QED) is 0.193. The second-order valence-electron chi connectivity index (χ2n) is 11.6. The van der Waals surface area contributed by atoms with E-state index >= 15 is 0 Å². The summed E-state index contributed by atoms with van der Waals surface area (Å²) in [7, 11) is 0. The lowest BCUT2D eigenvalue weighted by Crippen LogP contribution is -1.97. The molecule has 0 aliphatic rings. The largest absolute Gasteiger partial charge is 0.398 e. The van der Waals surface area contributed by atoms with Crippen LogP contribution in [0.1, 0.15) is 0 Å². The Hall–Kier alpha value is -6.32. The second-order valence-corrected chi connectivity index (χ2v) is 11.6. The van der Waals surface area contributed by atoms with Crippen molar-refractivity contribution in [3.63, 3.8) is 0 Å². The van der Waals surface area contributed by atoms with E-state index in [0.29, 0.717) is 5.82 Å². The Morgan fingerprint density at radius 2 is 0.809 bits per heavy atom. The summed E-state index contributed by atoms with van der Waals surface area (Å²) >= 11 is 0. The van der Waals surface area contributed by atoms with Crippen LogP contribution in [0, 0.1) is 0 Å². The standard InChI is InChI=1S/C44H31N3/c45-43-36(22-12-24-40(43)39-21-10-9-20-38(39)37-23-11-18-30-13-7-8-19-35(30)37)31-25-27-33(28-26-31)42-29-41(32-14-3-1-4-15-32)46-44(47-42)34-16-5-2-6-17-34/h1-29H,45H2. The fourth-order valence-corrected chi connectivity index (χ4v) is 6.35. The first-order valence-electron chi connectivity index (χ1n) is 15.8. The summed E-state index contributed by atoms with van der Waals surface area (Å²) in [6, 6.07) is 60.8. The zero-order chi connectivity index (χ0) is 31.6. The number of aromatic nitrogens is 2. The average molecular weight is 602 g/mol. The molecule has 7 aromatic carbocycles. The van der Waals surface area contributed by atoms with Gasteiger partial charge in [-0.2, -0.15) is 0 Å². The topological polar surface area (TPSA) is 51.8 Å². The molecule has 47 heavy (non-hydrogen) atoms. The van der Waals surface area contributed by atoms with Crippen molar-refractivity contribution in [2.75, 3.05) is 5.73 Å². The summed E-state index contributed by atoms with van der Waals surface area (Å²) in [6.45, 7) is 0. The second kappa shape index (κ2) is 12.2. The fraction of sp³-hybridized carbons (Fsp3) is 0. The van der Waals surface area contributed by atoms with Crippen molar-refractivity contribution >= 4 is 16.5 Å². The molecule has 0 spiro atoms. The van der Waals surface area contributed by atoms with E-state index in [4.69, 9.17) is 15.7 Å². The van der Waals surface area contributed by atoms with Crippen LogP contribution in [0.4, 0.5) is 5.69 Å². The van der Waals surface area contributed by atoms with E-state index in [9.17, 15) is 0 Å². The predicted octanol–water partition coefficient (Wildman–Crippen LogP) is 11.2. The number of fused-ring (bicyclic) bond motifs is 1. The summed E-state index contributed by atoms with van der Waals surface area (Å²) in [5.74, 6) is 0.702. The molecule has 0 aliphatic carbocycles. The maximum atomic E-state index is 7.00. The minimum atomic E-state index is 0.702. The maximum absolute atomic E-state index is 7.00. The van der Waals surface area contributed by atoms with Crippen LogP contribution in [0.25, 0.3) is 78.1 Å². The molecule has 3 nitrogen and oxygen atoms in total. The van der Waals surface area contributed by atoms with E-state index in [1.807, 2.05) is 48.5 Å². The van der Waals surface area contributed by atoms with Crippen LogP contribution in [0.3, 0.4) is 0 Å². The Bertz CT molecular complexity index is 2280. The monoisotopic (exact) mass is 601 g/mol. The Balaban J connectivity index is 1.19. The highest BCUT2D eigenvalue weighted by atomic mass is 14.9. The van der Waals surface area contributed by atoms with Gasteiger partial charge in [0.2, 0.25) is 0 Å². The number of para-hydroxylation sites is 1. The molecular weight excluding hydrogens is 571 g/mol. The molecule has 1 aromatic heterocycles. The third-order valence-electron chi connectivity index (χ3n) is 8.72. The number of anilines is 1. The molecule has 0 aliphatic heterocycles. The van der Waals surface area contributed by atoms with Crippen LogP contribution in [0.5, 0.6) is 0 Å². The molecule has 8 rings (SSSR count). The highest BCUT2D eigenvalue weighted by Gasteiger charge is 2.16. The lowest BCUT2D eigenvalue weighted by atomic mass is 9.89. The number of hydrogen-bond donors (Lipinski definition) is 1. The smallest absolute Gasteiger partial charge is 0.160 e. The van der Waals surface area contributed by atoms with Crippen molar-refractivity contribution in [2.45, 2.75) is 0 Å². The third-order valence-corrected chi connectivity index (χ3v) is 8.72. The van der Waals surface area contributed by atoms with E-state index in [0.717, 1.165) is 61.6 Å². The Morgan fingerprint density at radius 3 is 1.53 bits per heavy atom. The molecule has 3 heteroatoms. The zero-order valence-corrected chi connectivity index (χ0v) is 25.7. The molecule has 0 bridgehead atoms. The van der Waals surface area contributed by atoms with Crippen LogP contribution in [0.15, 0.2) is 176 Å². The molecule has 2 N–H and O–H groups in total. The minimum absolute atomic E-state index is 0.702. The first-order chi connectivity index (χ1) is 23.2. The Morgan fingerprint density at radius 1 is 0.340 bits per heavy atom. The predicted molar refractivity (Wildman–Crippen MR) is 197 cm³/mol. The highest BCUT2D eigenvalue weighted by molar-refractivity contribution is 6.02. The van der Waals surface area contributed by atoms with Gasteiger partial charge in [-0.15, -0.1) is 0 Å². The third kappa shape index (κ3) is 5.45. The molecule has 222 valence electrons. The van der Waals surface area contributed by atoms with Crippen LogP contribution < -0.4 is 5.73 Å². The van der Waals surface area contributed by atoms with E-state index in [2.05, 4.69) is 127 Å². The van der Waals surface area contributed by atoms with Gasteiger partial charge >= 0.3 is 0 Å². The van der Waals surface area contributed by atoms with Gasteiger partial charge in [-0.25, -0.2) is 9.97 Å². The van der Waals surface area contributed by atoms with Gasteiger partial charge in [0.05, 0.1) is 11.4 Å². The number of nitrogens with two attached hydrogens (primary N) is 1. The van der Waals surface area contributed by atoms with E-state index < -0.39 is 0 Å². The van der Waals surface area contributed by atoms with Gasteiger partial charge in [-0.05, 0) is 39.1 Å². The van der Waals surface area contributed by atoms with Crippen LogP contribution >= 0.6 is 0 Å². The van der Waals surface area contributed by atoms with Gasteiger partial charge in [-0.1, -0.05) is 170 Å². The van der Waals surface area contributed by atoms with Gasteiger partial charge in [0.15, 0.2) is 5.82 Å². The van der Waals surface area contributed by atoms with Crippen molar-refractivity contribution in [3.8, 4) is 67.3 Å². The van der Waals surface area contributed by atoms with E-state index in [1.54, 1.807) is 0 Å². The Labute approximate surface area is 274 Å². The first kappa shape index (κ1) is 28.2. The van der Waals surface area contributed by atoms with Crippen molar-refractivity contribution in [1.82, 2.24) is 9.97 Å². The van der Waals surface area contributed by atoms with Crippen LogP contribution in [0.2, 0.25) is 0 Å². The van der Waals surface area contributed by atoms with Gasteiger partial charge in [0.1, 0.15) is 0 Å². The highest BCUT2D eigenvalue weighted by Crippen LogP contribution is 2.41. The molecular formula is C44H31N3. The van der Waals surface area contributed by atoms with E-state index in [1.165, 1.54) is 16.3 Å². The summed E-state index contributed by atoms with van der Waals surface area (Å²) in [6.07, 6.45) is 0.